The van der Waals surface area contributed by atoms with Crippen LogP contribution in [0.4, 0.5) is 0 Å². The first-order chi connectivity index (χ1) is 8.70. The summed E-state index contributed by atoms with van der Waals surface area (Å²) in [6, 6.07) is 7.16. The van der Waals surface area contributed by atoms with Gasteiger partial charge in [0.05, 0.1) is 5.56 Å². The second kappa shape index (κ2) is 5.87. The molecule has 1 aromatic rings. The van der Waals surface area contributed by atoms with Crippen molar-refractivity contribution in [3.8, 4) is 5.75 Å². The lowest BCUT2D eigenvalue weighted by Gasteiger charge is -2.07. The highest BCUT2D eigenvalue weighted by atomic mass is 16.5. The highest BCUT2D eigenvalue weighted by Gasteiger charge is 2.34. The van der Waals surface area contributed by atoms with E-state index in [4.69, 9.17) is 9.84 Å². The van der Waals surface area contributed by atoms with E-state index in [2.05, 4.69) is 12.2 Å². The predicted octanol–water partition coefficient (Wildman–Crippen LogP) is 2.15. The molecule has 1 fully saturated rings. The summed E-state index contributed by atoms with van der Waals surface area (Å²) in [5, 5.41) is 12.2. The Morgan fingerprint density at radius 2 is 2.17 bits per heavy atom. The van der Waals surface area contributed by atoms with Crippen LogP contribution in [-0.2, 0) is 0 Å². The van der Waals surface area contributed by atoms with Crippen molar-refractivity contribution in [3.05, 3.63) is 29.8 Å². The number of ether oxygens (including phenoxy) is 1. The average Bonchev–Trinajstić information content (AvgIpc) is 3.14. The molecule has 2 N–H and O–H groups in total. The molecule has 4 heteroatoms. The number of benzene rings is 1. The van der Waals surface area contributed by atoms with Crippen LogP contribution < -0.4 is 10.1 Å². The summed E-state index contributed by atoms with van der Waals surface area (Å²) in [4.78, 5) is 10.7. The van der Waals surface area contributed by atoms with Crippen LogP contribution in [0.2, 0.25) is 0 Å². The van der Waals surface area contributed by atoms with Crippen molar-refractivity contribution in [2.24, 2.45) is 5.92 Å². The molecule has 0 heterocycles. The van der Waals surface area contributed by atoms with E-state index in [9.17, 15) is 4.79 Å². The van der Waals surface area contributed by atoms with Crippen molar-refractivity contribution in [1.29, 1.82) is 0 Å². The van der Waals surface area contributed by atoms with Crippen LogP contribution in [-0.4, -0.2) is 30.3 Å². The molecule has 1 aliphatic carbocycles. The SMILES string of the molecule is CCC1CC1NCCOc1ccc(C(=O)O)cc1. The standard InChI is InChI=1S/C14H19NO3/c1-2-10-9-13(10)15-7-8-18-12-5-3-11(4-6-12)14(16)17/h3-6,10,13,15H,2,7-9H2,1H3,(H,16,17). The summed E-state index contributed by atoms with van der Waals surface area (Å²) in [6.07, 6.45) is 2.53. The molecule has 1 aromatic carbocycles. The zero-order valence-electron chi connectivity index (χ0n) is 10.6. The number of rotatable bonds is 7. The predicted molar refractivity (Wildman–Crippen MR) is 69.1 cm³/mol. The van der Waals surface area contributed by atoms with Crippen molar-refractivity contribution in [1.82, 2.24) is 5.32 Å². The van der Waals surface area contributed by atoms with E-state index in [0.717, 1.165) is 12.5 Å². The topological polar surface area (TPSA) is 58.6 Å². The third-order valence-corrected chi connectivity index (χ3v) is 3.33. The van der Waals surface area contributed by atoms with Crippen molar-refractivity contribution < 1.29 is 14.6 Å². The number of carboxylic acids is 1. The summed E-state index contributed by atoms with van der Waals surface area (Å²) >= 11 is 0. The van der Waals surface area contributed by atoms with Crippen LogP contribution in [0.25, 0.3) is 0 Å². The quantitative estimate of drug-likeness (QED) is 0.727. The third-order valence-electron chi connectivity index (χ3n) is 3.33. The molecule has 0 saturated heterocycles. The molecule has 0 bridgehead atoms. The van der Waals surface area contributed by atoms with Gasteiger partial charge in [0.2, 0.25) is 0 Å². The Morgan fingerprint density at radius 1 is 1.44 bits per heavy atom. The van der Waals surface area contributed by atoms with Gasteiger partial charge in [0.25, 0.3) is 0 Å². The number of carboxylic acid groups (broad SMARTS) is 1. The molecule has 0 amide bonds. The number of hydrogen-bond acceptors (Lipinski definition) is 3. The Labute approximate surface area is 107 Å². The van der Waals surface area contributed by atoms with Crippen LogP contribution in [0, 0.1) is 5.92 Å². The second-order valence-electron chi connectivity index (χ2n) is 4.64. The molecule has 0 radical (unpaired) electrons. The van der Waals surface area contributed by atoms with Crippen LogP contribution in [0.1, 0.15) is 30.1 Å². The maximum Gasteiger partial charge on any atom is 0.335 e. The molecule has 18 heavy (non-hydrogen) atoms. The molecule has 2 atom stereocenters. The molecule has 4 nitrogen and oxygen atoms in total. The number of nitrogens with one attached hydrogen (secondary N) is 1. The minimum absolute atomic E-state index is 0.282. The Balaban J connectivity index is 1.66. The maximum atomic E-state index is 10.7. The van der Waals surface area contributed by atoms with Crippen molar-refractivity contribution in [3.63, 3.8) is 0 Å². The Bertz CT molecular complexity index is 402. The summed E-state index contributed by atoms with van der Waals surface area (Å²) in [6.45, 7) is 3.66. The van der Waals surface area contributed by atoms with E-state index >= 15 is 0 Å². The first-order valence-electron chi connectivity index (χ1n) is 6.40. The van der Waals surface area contributed by atoms with Gasteiger partial charge in [-0.15, -0.1) is 0 Å². The molecule has 1 saturated carbocycles. The summed E-state index contributed by atoms with van der Waals surface area (Å²) < 4.78 is 5.53. The van der Waals surface area contributed by atoms with Gasteiger partial charge < -0.3 is 15.2 Å². The van der Waals surface area contributed by atoms with Gasteiger partial charge in [-0.3, -0.25) is 0 Å². The van der Waals surface area contributed by atoms with Crippen LogP contribution in [0.5, 0.6) is 5.75 Å². The highest BCUT2D eigenvalue weighted by molar-refractivity contribution is 5.87. The average molecular weight is 249 g/mol. The first-order valence-corrected chi connectivity index (χ1v) is 6.40. The monoisotopic (exact) mass is 249 g/mol. The van der Waals surface area contributed by atoms with Crippen LogP contribution in [0.3, 0.4) is 0 Å². The zero-order chi connectivity index (χ0) is 13.0. The van der Waals surface area contributed by atoms with E-state index in [1.807, 2.05) is 0 Å². The Morgan fingerprint density at radius 3 is 2.72 bits per heavy atom. The normalized spacial score (nSPS) is 21.6. The minimum atomic E-state index is -0.914. The molecule has 1 aliphatic rings. The molecule has 2 unspecified atom stereocenters. The van der Waals surface area contributed by atoms with Gasteiger partial charge in [0.15, 0.2) is 0 Å². The van der Waals surface area contributed by atoms with Gasteiger partial charge in [-0.2, -0.15) is 0 Å². The lowest BCUT2D eigenvalue weighted by Crippen LogP contribution is -2.24. The van der Waals surface area contributed by atoms with Gasteiger partial charge in [0, 0.05) is 12.6 Å². The fraction of sp³-hybridized carbons (Fsp3) is 0.500. The minimum Gasteiger partial charge on any atom is -0.492 e. The van der Waals surface area contributed by atoms with Crippen molar-refractivity contribution in [2.45, 2.75) is 25.8 Å². The lowest BCUT2D eigenvalue weighted by molar-refractivity contribution is 0.0697. The Kier molecular flexibility index (Phi) is 4.20. The second-order valence-corrected chi connectivity index (χ2v) is 4.64. The molecule has 0 aromatic heterocycles. The molecular weight excluding hydrogens is 230 g/mol. The van der Waals surface area contributed by atoms with Gasteiger partial charge in [-0.25, -0.2) is 4.79 Å². The number of aromatic carboxylic acids is 1. The third kappa shape index (κ3) is 3.47. The zero-order valence-corrected chi connectivity index (χ0v) is 10.6. The molecule has 2 rings (SSSR count). The van der Waals surface area contributed by atoms with Gasteiger partial charge >= 0.3 is 5.97 Å². The van der Waals surface area contributed by atoms with Gasteiger partial charge in [-0.05, 0) is 36.6 Å². The summed E-state index contributed by atoms with van der Waals surface area (Å²) in [5.41, 5.74) is 0.282. The lowest BCUT2D eigenvalue weighted by atomic mass is 10.2. The largest absolute Gasteiger partial charge is 0.492 e. The Hall–Kier alpha value is -1.55. The summed E-state index contributed by atoms with van der Waals surface area (Å²) in [7, 11) is 0. The van der Waals surface area contributed by atoms with E-state index in [1.165, 1.54) is 12.8 Å². The highest BCUT2D eigenvalue weighted by Crippen LogP contribution is 2.32. The van der Waals surface area contributed by atoms with Crippen molar-refractivity contribution in [2.75, 3.05) is 13.2 Å². The smallest absolute Gasteiger partial charge is 0.335 e. The van der Waals surface area contributed by atoms with E-state index in [0.29, 0.717) is 18.4 Å². The van der Waals surface area contributed by atoms with Crippen LogP contribution >= 0.6 is 0 Å². The maximum absolute atomic E-state index is 10.7. The van der Waals surface area contributed by atoms with E-state index < -0.39 is 5.97 Å². The van der Waals surface area contributed by atoms with Gasteiger partial charge in [-0.1, -0.05) is 13.3 Å². The fourth-order valence-electron chi connectivity index (χ4n) is 2.06. The van der Waals surface area contributed by atoms with Crippen LogP contribution in [0.15, 0.2) is 24.3 Å². The number of carbonyl (C=O) groups is 1. The fourth-order valence-corrected chi connectivity index (χ4v) is 2.06. The van der Waals surface area contributed by atoms with Gasteiger partial charge in [0.1, 0.15) is 12.4 Å². The first kappa shape index (κ1) is 12.9. The van der Waals surface area contributed by atoms with E-state index in [1.54, 1.807) is 24.3 Å². The van der Waals surface area contributed by atoms with E-state index in [-0.39, 0.29) is 5.56 Å². The molecular formula is C14H19NO3. The molecule has 0 aliphatic heterocycles. The molecule has 98 valence electrons. The number of hydrogen-bond donors (Lipinski definition) is 2. The van der Waals surface area contributed by atoms with Crippen molar-refractivity contribution >= 4 is 5.97 Å². The summed E-state index contributed by atoms with van der Waals surface area (Å²) in [5.74, 6) is 0.645. The molecule has 0 spiro atoms.